The Balaban J connectivity index is 2.66. The maximum absolute atomic E-state index is 10.8. The molecule has 0 aliphatic rings. The fourth-order valence-electron chi connectivity index (χ4n) is 1.85. The zero-order valence-corrected chi connectivity index (χ0v) is 10.1. The number of nitrogen functional groups attached to an aromatic ring is 1. The Morgan fingerprint density at radius 1 is 1.21 bits per heavy atom. The number of carbonyl (C=O) groups is 1. The summed E-state index contributed by atoms with van der Waals surface area (Å²) in [6.45, 7) is 0. The van der Waals surface area contributed by atoms with Gasteiger partial charge in [-0.3, -0.25) is 10.2 Å². The number of hydrogen-bond donors (Lipinski definition) is 4. The number of nitrogens with two attached hydrogens (primary N) is 2. The molecule has 0 aromatic heterocycles. The van der Waals surface area contributed by atoms with Crippen molar-refractivity contribution in [2.24, 2.45) is 11.5 Å². The van der Waals surface area contributed by atoms with Crippen LogP contribution in [0.3, 0.4) is 0 Å². The highest BCUT2D eigenvalue weighted by molar-refractivity contribution is 6.02. The number of nitrogens with one attached hydrogen (secondary N) is 1. The van der Waals surface area contributed by atoms with Gasteiger partial charge in [-0.25, -0.2) is 0 Å². The number of hydrogen-bond acceptors (Lipinski definition) is 3. The fraction of sp³-hybridized carbons (Fsp3) is 0. The van der Waals surface area contributed by atoms with Crippen LogP contribution >= 0.6 is 0 Å². The number of fused-ring (bicyclic) bond motifs is 1. The van der Waals surface area contributed by atoms with E-state index in [-0.39, 0.29) is 11.6 Å². The Kier molecular flexibility index (Phi) is 3.20. The van der Waals surface area contributed by atoms with Gasteiger partial charge < -0.3 is 16.6 Å². The molecule has 0 aliphatic heterocycles. The number of carbonyl (C=O) groups excluding carboxylic acids is 1. The minimum atomic E-state index is -0.586. The van der Waals surface area contributed by atoms with E-state index in [2.05, 4.69) is 0 Å². The van der Waals surface area contributed by atoms with Crippen LogP contribution in [0.15, 0.2) is 36.4 Å². The van der Waals surface area contributed by atoms with Crippen LogP contribution in [0.5, 0.6) is 5.75 Å². The lowest BCUT2D eigenvalue weighted by molar-refractivity contribution is -0.113. The van der Waals surface area contributed by atoms with E-state index in [1.54, 1.807) is 24.3 Å². The van der Waals surface area contributed by atoms with Crippen LogP contribution in [0.25, 0.3) is 16.8 Å². The summed E-state index contributed by atoms with van der Waals surface area (Å²) in [6.07, 6.45) is 2.65. The lowest BCUT2D eigenvalue weighted by atomic mass is 10.0. The Bertz CT molecular complexity index is 705. The second kappa shape index (κ2) is 4.81. The van der Waals surface area contributed by atoms with Gasteiger partial charge in [0.25, 0.3) is 0 Å². The van der Waals surface area contributed by atoms with Crippen LogP contribution in [0.1, 0.15) is 11.1 Å². The number of phenolic OH excluding ortho intramolecular Hbond substituents is 1. The highest BCUT2D eigenvalue weighted by Gasteiger charge is 2.06. The van der Waals surface area contributed by atoms with Crippen molar-refractivity contribution in [2.75, 3.05) is 0 Å². The molecule has 0 radical (unpaired) electrons. The van der Waals surface area contributed by atoms with Gasteiger partial charge in [-0.2, -0.15) is 0 Å². The molecule has 0 unspecified atom stereocenters. The third kappa shape index (κ3) is 2.55. The van der Waals surface area contributed by atoms with Crippen LogP contribution in [0.2, 0.25) is 0 Å². The predicted octanol–water partition coefficient (Wildman–Crippen LogP) is 1.33. The standard InChI is InChI=1S/C14H13N3O2/c15-13(19)6-4-11-10-3-1-9(14(16)17)7-8(10)2-5-12(11)18/h1-7,18H,(H2,15,19)(H3,16,17). The zero-order chi connectivity index (χ0) is 14.0. The summed E-state index contributed by atoms with van der Waals surface area (Å²) in [6, 6.07) is 8.42. The van der Waals surface area contributed by atoms with E-state index in [4.69, 9.17) is 16.9 Å². The highest BCUT2D eigenvalue weighted by atomic mass is 16.3. The molecule has 0 fully saturated rings. The first-order chi connectivity index (χ1) is 8.99. The molecule has 19 heavy (non-hydrogen) atoms. The molecule has 96 valence electrons. The number of primary amides is 1. The molecule has 2 aromatic rings. The van der Waals surface area contributed by atoms with E-state index >= 15 is 0 Å². The lowest BCUT2D eigenvalue weighted by Crippen LogP contribution is -2.10. The second-order valence-electron chi connectivity index (χ2n) is 4.08. The van der Waals surface area contributed by atoms with Gasteiger partial charge in [0.05, 0.1) is 0 Å². The molecular weight excluding hydrogens is 242 g/mol. The van der Waals surface area contributed by atoms with Gasteiger partial charge in [-0.15, -0.1) is 0 Å². The van der Waals surface area contributed by atoms with E-state index in [0.29, 0.717) is 11.1 Å². The SMILES string of the molecule is N=C(N)c1ccc2c(C=CC(N)=O)c(O)ccc2c1. The van der Waals surface area contributed by atoms with Gasteiger partial charge in [0.15, 0.2) is 0 Å². The van der Waals surface area contributed by atoms with Crippen molar-refractivity contribution in [1.82, 2.24) is 0 Å². The quantitative estimate of drug-likeness (QED) is 0.377. The van der Waals surface area contributed by atoms with Crippen LogP contribution in [0.4, 0.5) is 0 Å². The summed E-state index contributed by atoms with van der Waals surface area (Å²) < 4.78 is 0. The van der Waals surface area contributed by atoms with Crippen molar-refractivity contribution < 1.29 is 9.90 Å². The summed E-state index contributed by atoms with van der Waals surface area (Å²) in [7, 11) is 0. The number of amides is 1. The molecule has 0 saturated carbocycles. The minimum absolute atomic E-state index is 0.0239. The van der Waals surface area contributed by atoms with E-state index in [1.165, 1.54) is 18.2 Å². The van der Waals surface area contributed by atoms with Crippen molar-refractivity contribution in [3.05, 3.63) is 47.5 Å². The molecule has 0 spiro atoms. The number of aromatic hydroxyl groups is 1. The Morgan fingerprint density at radius 2 is 1.95 bits per heavy atom. The minimum Gasteiger partial charge on any atom is -0.507 e. The van der Waals surface area contributed by atoms with Crippen molar-refractivity contribution in [3.8, 4) is 5.75 Å². The van der Waals surface area contributed by atoms with E-state index in [0.717, 1.165) is 10.8 Å². The maximum atomic E-state index is 10.8. The molecule has 6 N–H and O–H groups in total. The lowest BCUT2D eigenvalue weighted by Gasteiger charge is -2.07. The van der Waals surface area contributed by atoms with E-state index in [9.17, 15) is 9.90 Å². The number of amidine groups is 1. The van der Waals surface area contributed by atoms with Gasteiger partial charge in [0, 0.05) is 17.2 Å². The predicted molar refractivity (Wildman–Crippen MR) is 74.9 cm³/mol. The summed E-state index contributed by atoms with van der Waals surface area (Å²) in [4.78, 5) is 10.8. The molecule has 5 heteroatoms. The molecule has 0 aliphatic carbocycles. The first kappa shape index (κ1) is 12.6. The number of rotatable bonds is 3. The van der Waals surface area contributed by atoms with Crippen molar-refractivity contribution >= 4 is 28.6 Å². The largest absolute Gasteiger partial charge is 0.507 e. The average Bonchev–Trinajstić information content (AvgIpc) is 2.36. The van der Waals surface area contributed by atoms with Gasteiger partial charge in [-0.05, 0) is 29.0 Å². The van der Waals surface area contributed by atoms with E-state index in [1.807, 2.05) is 0 Å². The number of benzene rings is 2. The fourth-order valence-corrected chi connectivity index (χ4v) is 1.85. The molecular formula is C14H13N3O2. The van der Waals surface area contributed by atoms with Crippen LogP contribution in [-0.4, -0.2) is 16.8 Å². The molecule has 1 amide bonds. The normalized spacial score (nSPS) is 10.9. The van der Waals surface area contributed by atoms with Gasteiger partial charge in [0.1, 0.15) is 11.6 Å². The van der Waals surface area contributed by atoms with Crippen molar-refractivity contribution in [2.45, 2.75) is 0 Å². The average molecular weight is 255 g/mol. The third-order valence-electron chi connectivity index (χ3n) is 2.76. The molecule has 2 aromatic carbocycles. The van der Waals surface area contributed by atoms with Crippen LogP contribution in [0, 0.1) is 5.41 Å². The maximum Gasteiger partial charge on any atom is 0.241 e. The summed E-state index contributed by atoms with van der Waals surface area (Å²) in [5, 5.41) is 18.8. The first-order valence-electron chi connectivity index (χ1n) is 5.56. The molecule has 5 nitrogen and oxygen atoms in total. The number of phenols is 1. The van der Waals surface area contributed by atoms with Gasteiger partial charge >= 0.3 is 0 Å². The Labute approximate surface area is 109 Å². The smallest absolute Gasteiger partial charge is 0.241 e. The third-order valence-corrected chi connectivity index (χ3v) is 2.76. The van der Waals surface area contributed by atoms with Crippen LogP contribution < -0.4 is 11.5 Å². The van der Waals surface area contributed by atoms with E-state index < -0.39 is 5.91 Å². The molecule has 2 rings (SSSR count). The highest BCUT2D eigenvalue weighted by Crippen LogP contribution is 2.29. The van der Waals surface area contributed by atoms with Crippen LogP contribution in [-0.2, 0) is 4.79 Å². The first-order valence-corrected chi connectivity index (χ1v) is 5.56. The van der Waals surface area contributed by atoms with Crippen molar-refractivity contribution in [1.29, 1.82) is 5.41 Å². The molecule has 0 bridgehead atoms. The Morgan fingerprint density at radius 3 is 2.58 bits per heavy atom. The van der Waals surface area contributed by atoms with Gasteiger partial charge in [-0.1, -0.05) is 18.2 Å². The summed E-state index contributed by atoms with van der Waals surface area (Å²) >= 11 is 0. The topological polar surface area (TPSA) is 113 Å². The summed E-state index contributed by atoms with van der Waals surface area (Å²) in [5.74, 6) is -0.554. The zero-order valence-electron chi connectivity index (χ0n) is 10.1. The van der Waals surface area contributed by atoms with Crippen molar-refractivity contribution in [3.63, 3.8) is 0 Å². The second-order valence-corrected chi connectivity index (χ2v) is 4.08. The van der Waals surface area contributed by atoms with Gasteiger partial charge in [0.2, 0.25) is 5.91 Å². The summed E-state index contributed by atoms with van der Waals surface area (Å²) in [5.41, 5.74) is 11.6. The molecule has 0 saturated heterocycles. The molecule has 0 atom stereocenters. The Hall–Kier alpha value is -2.82. The monoisotopic (exact) mass is 255 g/mol. The molecule has 0 heterocycles.